The highest BCUT2D eigenvalue weighted by Gasteiger charge is 2.62. The second-order valence-electron chi connectivity index (χ2n) is 8.50. The first kappa shape index (κ1) is 18.8. The number of anilines is 1. The van der Waals surface area contributed by atoms with E-state index in [2.05, 4.69) is 10.2 Å². The van der Waals surface area contributed by atoms with Gasteiger partial charge in [-0.05, 0) is 47.5 Å². The molecule has 32 heavy (non-hydrogen) atoms. The number of amides is 2. The van der Waals surface area contributed by atoms with Crippen LogP contribution in [0.1, 0.15) is 29.4 Å². The van der Waals surface area contributed by atoms with Crippen LogP contribution in [0, 0.1) is 11.8 Å². The zero-order chi connectivity index (χ0) is 21.8. The van der Waals surface area contributed by atoms with Crippen LogP contribution in [0.25, 0.3) is 0 Å². The lowest BCUT2D eigenvalue weighted by atomic mass is 9.56. The molecule has 1 saturated carbocycles. The number of carbonyl (C=O) groups is 3. The first-order chi connectivity index (χ1) is 15.6. The summed E-state index contributed by atoms with van der Waals surface area (Å²) in [7, 11) is 0. The normalized spacial score (nSPS) is 26.0. The Hall–Kier alpha value is -3.93. The van der Waals surface area contributed by atoms with Gasteiger partial charge in [0.25, 0.3) is 0 Å². The summed E-state index contributed by atoms with van der Waals surface area (Å²) in [5, 5.41) is 8.41. The van der Waals surface area contributed by atoms with E-state index in [0.29, 0.717) is 17.8 Å². The molecule has 7 rings (SSSR count). The maximum absolute atomic E-state index is 13.4. The number of rotatable bonds is 3. The van der Waals surface area contributed by atoms with Crippen molar-refractivity contribution in [2.45, 2.75) is 18.3 Å². The summed E-state index contributed by atoms with van der Waals surface area (Å²) in [5.41, 5.74) is 3.82. The minimum absolute atomic E-state index is 0.0645. The highest BCUT2D eigenvalue weighted by molar-refractivity contribution is 6.24. The van der Waals surface area contributed by atoms with Crippen molar-refractivity contribution in [1.29, 1.82) is 0 Å². The minimum Gasteiger partial charge on any atom is -0.299 e. The van der Waals surface area contributed by atoms with Crippen molar-refractivity contribution in [2.75, 3.05) is 4.90 Å². The van der Waals surface area contributed by atoms with Crippen molar-refractivity contribution in [2.24, 2.45) is 22.1 Å². The molecule has 1 heterocycles. The van der Waals surface area contributed by atoms with Crippen LogP contribution in [-0.4, -0.2) is 17.6 Å². The van der Waals surface area contributed by atoms with Crippen LogP contribution in [-0.2, 0) is 14.4 Å². The number of hydrogen-bond acceptors (Lipinski definition) is 5. The van der Waals surface area contributed by atoms with Gasteiger partial charge in [-0.1, -0.05) is 42.5 Å². The Kier molecular flexibility index (Phi) is 4.15. The van der Waals surface area contributed by atoms with Crippen LogP contribution in [0.4, 0.5) is 17.1 Å². The molecule has 4 atom stereocenters. The van der Waals surface area contributed by atoms with Crippen LogP contribution in [0.5, 0.6) is 0 Å². The summed E-state index contributed by atoms with van der Waals surface area (Å²) in [6.45, 7) is 0. The maximum Gasteiger partial charge on any atom is 0.238 e. The van der Waals surface area contributed by atoms with Gasteiger partial charge in [0.05, 0.1) is 34.8 Å². The van der Waals surface area contributed by atoms with E-state index in [9.17, 15) is 14.4 Å². The van der Waals surface area contributed by atoms with Gasteiger partial charge in [-0.3, -0.25) is 19.3 Å². The zero-order valence-corrected chi connectivity index (χ0v) is 17.1. The van der Waals surface area contributed by atoms with E-state index in [-0.39, 0.29) is 23.5 Å². The number of carbonyl (C=O) groups excluding carboxylic acids is 3. The molecule has 1 aliphatic heterocycles. The van der Waals surface area contributed by atoms with Gasteiger partial charge >= 0.3 is 0 Å². The fourth-order valence-corrected chi connectivity index (χ4v) is 5.49. The number of imide groups is 1. The van der Waals surface area contributed by atoms with E-state index in [4.69, 9.17) is 0 Å². The molecule has 3 aromatic carbocycles. The molecule has 0 aromatic heterocycles. The largest absolute Gasteiger partial charge is 0.299 e. The van der Waals surface area contributed by atoms with Gasteiger partial charge in [-0.25, -0.2) is 0 Å². The molecule has 2 bridgehead atoms. The summed E-state index contributed by atoms with van der Waals surface area (Å²) in [6, 6.07) is 24.0. The summed E-state index contributed by atoms with van der Waals surface area (Å²) in [6.07, 6.45) is 0.328. The Morgan fingerprint density at radius 3 is 1.97 bits per heavy atom. The monoisotopic (exact) mass is 421 g/mol. The molecule has 1 saturated heterocycles. The molecule has 6 nitrogen and oxygen atoms in total. The number of nitrogens with zero attached hydrogens (tertiary/aromatic N) is 3. The summed E-state index contributed by atoms with van der Waals surface area (Å²) >= 11 is 0. The van der Waals surface area contributed by atoms with Crippen LogP contribution in [0.2, 0.25) is 0 Å². The number of Topliss-reactive ketones (excluding diaryl/α,β-unsaturated/α-hetero) is 1. The van der Waals surface area contributed by atoms with E-state index in [1.54, 1.807) is 24.3 Å². The van der Waals surface area contributed by atoms with Gasteiger partial charge in [-0.15, -0.1) is 0 Å². The lowest BCUT2D eigenvalue weighted by molar-refractivity contribution is -0.134. The molecular formula is C26H19N3O3. The number of hydrogen-bond donors (Lipinski definition) is 0. The SMILES string of the molecule is O=C1C[C@H]2c3ccccc3[C@H]1[C@@H]1C(=O)N(c3ccc(N=Nc4ccccc4)cc3)C(=O)[C@@H]12. The fourth-order valence-electron chi connectivity index (χ4n) is 5.49. The molecule has 6 heteroatoms. The van der Waals surface area contributed by atoms with Gasteiger partial charge in [-0.2, -0.15) is 10.2 Å². The van der Waals surface area contributed by atoms with Crippen LogP contribution >= 0.6 is 0 Å². The molecule has 2 fully saturated rings. The van der Waals surface area contributed by atoms with Gasteiger partial charge in [0.2, 0.25) is 11.8 Å². The van der Waals surface area contributed by atoms with Gasteiger partial charge < -0.3 is 0 Å². The van der Waals surface area contributed by atoms with Crippen LogP contribution < -0.4 is 4.90 Å². The molecule has 0 spiro atoms. The zero-order valence-electron chi connectivity index (χ0n) is 17.1. The molecule has 3 aliphatic carbocycles. The van der Waals surface area contributed by atoms with Crippen molar-refractivity contribution in [3.05, 3.63) is 90.0 Å². The van der Waals surface area contributed by atoms with E-state index in [1.807, 2.05) is 54.6 Å². The van der Waals surface area contributed by atoms with E-state index >= 15 is 0 Å². The molecule has 0 unspecified atom stereocenters. The van der Waals surface area contributed by atoms with E-state index < -0.39 is 17.8 Å². The third kappa shape index (κ3) is 2.69. The summed E-state index contributed by atoms with van der Waals surface area (Å²) in [5.74, 6) is -2.27. The highest BCUT2D eigenvalue weighted by Crippen LogP contribution is 2.57. The standard InChI is InChI=1S/C26H19N3O3/c30-21-14-20-18-8-4-5-9-19(18)22(21)24-23(20)25(31)29(26(24)32)17-12-10-16(11-13-17)28-27-15-6-2-1-3-7-15/h1-13,20,22-24H,14H2/t20-,22+,23+,24-/m0/s1. The van der Waals surface area contributed by atoms with Gasteiger partial charge in [0, 0.05) is 12.3 Å². The Morgan fingerprint density at radius 2 is 1.25 bits per heavy atom. The Labute approximate surface area is 184 Å². The first-order valence-corrected chi connectivity index (χ1v) is 10.7. The van der Waals surface area contributed by atoms with Crippen molar-refractivity contribution < 1.29 is 14.4 Å². The smallest absolute Gasteiger partial charge is 0.238 e. The Bertz CT molecular complexity index is 1280. The average Bonchev–Trinajstić information content (AvgIpc) is 3.10. The van der Waals surface area contributed by atoms with Crippen molar-refractivity contribution in [1.82, 2.24) is 0 Å². The van der Waals surface area contributed by atoms with Crippen molar-refractivity contribution in [3.63, 3.8) is 0 Å². The van der Waals surface area contributed by atoms with Gasteiger partial charge in [0.15, 0.2) is 0 Å². The number of fused-ring (bicyclic) bond motifs is 1. The molecule has 0 radical (unpaired) electrons. The second kappa shape index (κ2) is 7.05. The van der Waals surface area contributed by atoms with Crippen molar-refractivity contribution >= 4 is 34.7 Å². The van der Waals surface area contributed by atoms with Crippen LogP contribution in [0.3, 0.4) is 0 Å². The quantitative estimate of drug-likeness (QED) is 0.438. The molecule has 3 aromatic rings. The predicted octanol–water partition coefficient (Wildman–Crippen LogP) is 5.06. The maximum atomic E-state index is 13.4. The highest BCUT2D eigenvalue weighted by atomic mass is 16.2. The summed E-state index contributed by atoms with van der Waals surface area (Å²) in [4.78, 5) is 40.9. The lowest BCUT2D eigenvalue weighted by Crippen LogP contribution is -2.44. The lowest BCUT2D eigenvalue weighted by Gasteiger charge is -2.43. The number of azo groups is 1. The topological polar surface area (TPSA) is 79.2 Å². The van der Waals surface area contributed by atoms with E-state index in [0.717, 1.165) is 16.8 Å². The Morgan fingerprint density at radius 1 is 0.656 bits per heavy atom. The minimum atomic E-state index is -0.610. The molecule has 0 N–H and O–H groups in total. The molecule has 4 aliphatic rings. The first-order valence-electron chi connectivity index (χ1n) is 10.7. The predicted molar refractivity (Wildman–Crippen MR) is 118 cm³/mol. The number of benzene rings is 3. The third-order valence-corrected chi connectivity index (χ3v) is 6.83. The number of ketones is 1. The third-order valence-electron chi connectivity index (χ3n) is 6.83. The van der Waals surface area contributed by atoms with E-state index in [1.165, 1.54) is 4.90 Å². The average molecular weight is 421 g/mol. The second-order valence-corrected chi connectivity index (χ2v) is 8.50. The summed E-state index contributed by atoms with van der Waals surface area (Å²) < 4.78 is 0. The van der Waals surface area contributed by atoms with Crippen LogP contribution in [0.15, 0.2) is 89.1 Å². The molecular weight excluding hydrogens is 402 g/mol. The molecule has 2 amide bonds. The Balaban J connectivity index is 1.31. The fraction of sp³-hybridized carbons (Fsp3) is 0.192. The van der Waals surface area contributed by atoms with Crippen molar-refractivity contribution in [3.8, 4) is 0 Å². The molecule has 156 valence electrons. The van der Waals surface area contributed by atoms with Gasteiger partial charge in [0.1, 0.15) is 5.78 Å².